The average Bonchev–Trinajstić information content (AvgIpc) is 3.41. The quantitative estimate of drug-likeness (QED) is 0.799. The minimum Gasteiger partial charge on any atom is -0.281 e. The first-order chi connectivity index (χ1) is 11.1. The first kappa shape index (κ1) is 14.1. The molecule has 1 aliphatic carbocycles. The van der Waals surface area contributed by atoms with E-state index in [1.165, 1.54) is 0 Å². The standard InChI is InChI=1S/C17H15N3O2S/c21-23(22,13-5-6-13)20-16-8-7-14(12-3-1-9-18-11-12)15-4-2-10-19-17(15)16/h1-4,7-11,13,20H,5-6H2. The zero-order valence-corrected chi connectivity index (χ0v) is 13.1. The van der Waals surface area contributed by atoms with Crippen LogP contribution in [0.15, 0.2) is 55.0 Å². The van der Waals surface area contributed by atoms with Gasteiger partial charge >= 0.3 is 0 Å². The predicted molar refractivity (Wildman–Crippen MR) is 90.5 cm³/mol. The van der Waals surface area contributed by atoms with Crippen molar-refractivity contribution in [2.45, 2.75) is 18.1 Å². The van der Waals surface area contributed by atoms with Gasteiger partial charge in [-0.25, -0.2) is 8.42 Å². The van der Waals surface area contributed by atoms with E-state index in [9.17, 15) is 8.42 Å². The van der Waals surface area contributed by atoms with Crippen molar-refractivity contribution < 1.29 is 8.42 Å². The Kier molecular flexibility index (Phi) is 3.27. The predicted octanol–water partition coefficient (Wildman–Crippen LogP) is 3.20. The summed E-state index contributed by atoms with van der Waals surface area (Å²) in [5.74, 6) is 0. The SMILES string of the molecule is O=S(=O)(Nc1ccc(-c2cccnc2)c2cccnc12)C1CC1. The van der Waals surface area contributed by atoms with Crippen LogP contribution in [0.5, 0.6) is 0 Å². The highest BCUT2D eigenvalue weighted by Gasteiger charge is 2.36. The van der Waals surface area contributed by atoms with Gasteiger partial charge in [0.1, 0.15) is 0 Å². The zero-order chi connectivity index (χ0) is 15.9. The third-order valence-corrected chi connectivity index (χ3v) is 5.81. The van der Waals surface area contributed by atoms with E-state index in [0.717, 1.165) is 29.4 Å². The van der Waals surface area contributed by atoms with Gasteiger partial charge in [0.15, 0.2) is 0 Å². The van der Waals surface area contributed by atoms with E-state index in [1.807, 2.05) is 30.3 Å². The molecule has 6 heteroatoms. The summed E-state index contributed by atoms with van der Waals surface area (Å²) in [6, 6.07) is 11.3. The molecule has 1 aromatic carbocycles. The summed E-state index contributed by atoms with van der Waals surface area (Å²) in [4.78, 5) is 8.53. The van der Waals surface area contributed by atoms with Crippen LogP contribution >= 0.6 is 0 Å². The number of aromatic nitrogens is 2. The normalized spacial score (nSPS) is 14.8. The first-order valence-corrected chi connectivity index (χ1v) is 8.99. The van der Waals surface area contributed by atoms with Gasteiger partial charge in [-0.3, -0.25) is 14.7 Å². The fraction of sp³-hybridized carbons (Fsp3) is 0.176. The highest BCUT2D eigenvalue weighted by Crippen LogP contribution is 2.34. The molecular formula is C17H15N3O2S. The van der Waals surface area contributed by atoms with Gasteiger partial charge in [0.05, 0.1) is 16.5 Å². The first-order valence-electron chi connectivity index (χ1n) is 7.45. The van der Waals surface area contributed by atoms with E-state index >= 15 is 0 Å². The van der Waals surface area contributed by atoms with Gasteiger partial charge in [-0.1, -0.05) is 18.2 Å². The molecule has 0 unspecified atom stereocenters. The van der Waals surface area contributed by atoms with Gasteiger partial charge in [0, 0.05) is 29.5 Å². The summed E-state index contributed by atoms with van der Waals surface area (Å²) in [5, 5.41) is 0.635. The maximum Gasteiger partial charge on any atom is 0.235 e. The molecule has 0 atom stereocenters. The molecule has 0 amide bonds. The molecule has 1 aliphatic rings. The van der Waals surface area contributed by atoms with Crippen molar-refractivity contribution >= 4 is 26.6 Å². The lowest BCUT2D eigenvalue weighted by atomic mass is 10.0. The second kappa shape index (κ2) is 5.31. The van der Waals surface area contributed by atoms with Crippen molar-refractivity contribution in [2.24, 2.45) is 0 Å². The number of sulfonamides is 1. The van der Waals surface area contributed by atoms with Gasteiger partial charge in [-0.05, 0) is 36.6 Å². The number of nitrogens with zero attached hydrogens (tertiary/aromatic N) is 2. The highest BCUT2D eigenvalue weighted by molar-refractivity contribution is 7.93. The Hall–Kier alpha value is -2.47. The van der Waals surface area contributed by atoms with E-state index < -0.39 is 10.0 Å². The van der Waals surface area contributed by atoms with Gasteiger partial charge < -0.3 is 0 Å². The third-order valence-electron chi connectivity index (χ3n) is 3.96. The molecule has 2 aromatic heterocycles. The number of nitrogens with one attached hydrogen (secondary N) is 1. The Morgan fingerprint density at radius 1 is 1.04 bits per heavy atom. The lowest BCUT2D eigenvalue weighted by Crippen LogP contribution is -2.17. The molecule has 4 rings (SSSR count). The summed E-state index contributed by atoms with van der Waals surface area (Å²) in [6.45, 7) is 0. The molecular weight excluding hydrogens is 310 g/mol. The fourth-order valence-electron chi connectivity index (χ4n) is 2.64. The van der Waals surface area contributed by atoms with Crippen LogP contribution in [0.3, 0.4) is 0 Å². The van der Waals surface area contributed by atoms with E-state index in [-0.39, 0.29) is 5.25 Å². The van der Waals surface area contributed by atoms with Gasteiger partial charge in [0.2, 0.25) is 10.0 Å². The molecule has 1 fully saturated rings. The molecule has 1 saturated carbocycles. The summed E-state index contributed by atoms with van der Waals surface area (Å²) in [7, 11) is -3.31. The lowest BCUT2D eigenvalue weighted by Gasteiger charge is -2.12. The number of rotatable bonds is 4. The zero-order valence-electron chi connectivity index (χ0n) is 12.3. The highest BCUT2D eigenvalue weighted by atomic mass is 32.2. The largest absolute Gasteiger partial charge is 0.281 e. The molecule has 0 aliphatic heterocycles. The van der Waals surface area contributed by atoms with Gasteiger partial charge in [-0.2, -0.15) is 0 Å². The van der Waals surface area contributed by atoms with Crippen LogP contribution in [-0.4, -0.2) is 23.6 Å². The molecule has 2 heterocycles. The maximum atomic E-state index is 12.2. The third kappa shape index (κ3) is 2.66. The van der Waals surface area contributed by atoms with Crippen molar-refractivity contribution in [1.82, 2.24) is 9.97 Å². The number of pyridine rings is 2. The molecule has 23 heavy (non-hydrogen) atoms. The summed E-state index contributed by atoms with van der Waals surface area (Å²) < 4.78 is 27.1. The van der Waals surface area contributed by atoms with E-state index in [1.54, 1.807) is 24.7 Å². The van der Waals surface area contributed by atoms with Crippen molar-refractivity contribution in [3.8, 4) is 11.1 Å². The summed E-state index contributed by atoms with van der Waals surface area (Å²) in [5.41, 5.74) is 3.14. The van der Waals surface area contributed by atoms with E-state index in [2.05, 4.69) is 14.7 Å². The fourth-order valence-corrected chi connectivity index (χ4v) is 4.04. The summed E-state index contributed by atoms with van der Waals surface area (Å²) in [6.07, 6.45) is 6.64. The van der Waals surface area contributed by atoms with E-state index in [0.29, 0.717) is 11.2 Å². The summed E-state index contributed by atoms with van der Waals surface area (Å²) >= 11 is 0. The Labute approximate surface area is 134 Å². The van der Waals surface area contributed by atoms with Crippen molar-refractivity contribution in [2.75, 3.05) is 4.72 Å². The van der Waals surface area contributed by atoms with Crippen molar-refractivity contribution in [3.63, 3.8) is 0 Å². The van der Waals surface area contributed by atoms with Crippen LogP contribution in [0.2, 0.25) is 0 Å². The molecule has 0 bridgehead atoms. The second-order valence-corrected chi connectivity index (χ2v) is 7.61. The molecule has 0 radical (unpaired) electrons. The maximum absolute atomic E-state index is 12.2. The Bertz CT molecular complexity index is 968. The Morgan fingerprint density at radius 2 is 1.87 bits per heavy atom. The minimum atomic E-state index is -3.31. The molecule has 0 spiro atoms. The number of anilines is 1. The molecule has 116 valence electrons. The van der Waals surface area contributed by atoms with Gasteiger partial charge in [-0.15, -0.1) is 0 Å². The van der Waals surface area contributed by atoms with Crippen molar-refractivity contribution in [3.05, 3.63) is 55.0 Å². The lowest BCUT2D eigenvalue weighted by molar-refractivity contribution is 0.600. The van der Waals surface area contributed by atoms with Crippen LogP contribution in [-0.2, 0) is 10.0 Å². The molecule has 5 nitrogen and oxygen atoms in total. The van der Waals surface area contributed by atoms with Crippen LogP contribution in [0.1, 0.15) is 12.8 Å². The van der Waals surface area contributed by atoms with Crippen LogP contribution in [0.25, 0.3) is 22.0 Å². The Morgan fingerprint density at radius 3 is 2.61 bits per heavy atom. The topological polar surface area (TPSA) is 72.0 Å². The monoisotopic (exact) mass is 325 g/mol. The van der Waals surface area contributed by atoms with Crippen LogP contribution in [0, 0.1) is 0 Å². The number of fused-ring (bicyclic) bond motifs is 1. The molecule has 3 aromatic rings. The molecule has 0 saturated heterocycles. The van der Waals surface area contributed by atoms with Crippen LogP contribution < -0.4 is 4.72 Å². The number of hydrogen-bond donors (Lipinski definition) is 1. The van der Waals surface area contributed by atoms with Crippen molar-refractivity contribution in [1.29, 1.82) is 0 Å². The Balaban J connectivity index is 1.86. The molecule has 1 N–H and O–H groups in total. The van der Waals surface area contributed by atoms with Crippen LogP contribution in [0.4, 0.5) is 5.69 Å². The van der Waals surface area contributed by atoms with E-state index in [4.69, 9.17) is 0 Å². The number of hydrogen-bond acceptors (Lipinski definition) is 4. The number of benzene rings is 1. The average molecular weight is 325 g/mol. The van der Waals surface area contributed by atoms with Gasteiger partial charge in [0.25, 0.3) is 0 Å². The second-order valence-electron chi connectivity index (χ2n) is 5.65. The minimum absolute atomic E-state index is 0.265. The smallest absolute Gasteiger partial charge is 0.235 e.